The van der Waals surface area contributed by atoms with Crippen LogP contribution in [-0.4, -0.2) is 47.7 Å². The summed E-state index contributed by atoms with van der Waals surface area (Å²) in [6.45, 7) is 5.34. The molecule has 6 nitrogen and oxygen atoms in total. The number of hydrogen-bond acceptors (Lipinski definition) is 5. The van der Waals surface area contributed by atoms with Gasteiger partial charge in [0.1, 0.15) is 11.0 Å². The van der Waals surface area contributed by atoms with E-state index >= 15 is 0 Å². The number of carbonyl (C=O) groups excluding carboxylic acids is 1. The van der Waals surface area contributed by atoms with Crippen molar-refractivity contribution in [3.63, 3.8) is 0 Å². The predicted octanol–water partition coefficient (Wildman–Crippen LogP) is 0.446. The highest BCUT2D eigenvalue weighted by Crippen LogP contribution is 2.23. The smallest absolute Gasteiger partial charge is 0.245 e. The van der Waals surface area contributed by atoms with Crippen LogP contribution in [-0.2, 0) is 9.53 Å². The molecule has 0 bridgehead atoms. The Morgan fingerprint density at radius 2 is 2.38 bits per heavy atom. The van der Waals surface area contributed by atoms with Crippen molar-refractivity contribution in [2.24, 2.45) is 5.73 Å². The number of ether oxygens (including phenoxy) is 1. The molecule has 0 saturated carbocycles. The van der Waals surface area contributed by atoms with E-state index in [-0.39, 0.29) is 11.9 Å². The second-order valence-electron chi connectivity index (χ2n) is 5.20. The fourth-order valence-corrected chi connectivity index (χ4v) is 2.49. The number of thiocarbonyl (C=S) groups is 1. The molecular formula is C14H20N4O2S. The summed E-state index contributed by atoms with van der Waals surface area (Å²) in [6, 6.07) is 1.44. The van der Waals surface area contributed by atoms with Gasteiger partial charge in [-0.25, -0.2) is 0 Å². The average Bonchev–Trinajstić information content (AvgIpc) is 2.46. The first-order chi connectivity index (χ1) is 10.0. The van der Waals surface area contributed by atoms with Crippen LogP contribution in [0.5, 0.6) is 0 Å². The summed E-state index contributed by atoms with van der Waals surface area (Å²) < 4.78 is 5.45. The summed E-state index contributed by atoms with van der Waals surface area (Å²) in [6.07, 6.45) is 3.33. The minimum absolute atomic E-state index is 0.0672. The van der Waals surface area contributed by atoms with Gasteiger partial charge in [0, 0.05) is 24.3 Å². The zero-order chi connectivity index (χ0) is 15.4. The first-order valence-electron chi connectivity index (χ1n) is 6.89. The van der Waals surface area contributed by atoms with Crippen molar-refractivity contribution < 1.29 is 9.53 Å². The quantitative estimate of drug-likeness (QED) is 0.786. The lowest BCUT2D eigenvalue weighted by molar-refractivity contribution is -0.125. The highest BCUT2D eigenvalue weighted by molar-refractivity contribution is 7.80. The van der Waals surface area contributed by atoms with E-state index in [1.165, 1.54) is 0 Å². The van der Waals surface area contributed by atoms with E-state index < -0.39 is 6.04 Å². The summed E-state index contributed by atoms with van der Waals surface area (Å²) in [5.41, 5.74) is 7.27. The third-order valence-electron chi connectivity index (χ3n) is 3.24. The molecule has 114 valence electrons. The normalized spacial score (nSPS) is 18.6. The molecule has 0 aromatic carbocycles. The van der Waals surface area contributed by atoms with Crippen LogP contribution in [0, 0.1) is 0 Å². The summed E-state index contributed by atoms with van der Waals surface area (Å²) in [5, 5.41) is 2.92. The molecule has 21 heavy (non-hydrogen) atoms. The van der Waals surface area contributed by atoms with Crippen LogP contribution in [0.15, 0.2) is 18.5 Å². The lowest BCUT2D eigenvalue weighted by atomic mass is 10.1. The van der Waals surface area contributed by atoms with Crippen molar-refractivity contribution in [1.82, 2.24) is 10.3 Å². The molecular weight excluding hydrogens is 288 g/mol. The minimum Gasteiger partial charge on any atom is -0.389 e. The van der Waals surface area contributed by atoms with E-state index in [1.807, 2.05) is 18.7 Å². The van der Waals surface area contributed by atoms with Gasteiger partial charge in [0.25, 0.3) is 0 Å². The monoisotopic (exact) mass is 308 g/mol. The van der Waals surface area contributed by atoms with Crippen molar-refractivity contribution in [2.45, 2.75) is 25.9 Å². The number of nitrogens with one attached hydrogen (secondary N) is 1. The minimum atomic E-state index is -0.404. The number of carbonyl (C=O) groups is 1. The van der Waals surface area contributed by atoms with E-state index in [9.17, 15) is 4.79 Å². The summed E-state index contributed by atoms with van der Waals surface area (Å²) in [7, 11) is 0. The maximum absolute atomic E-state index is 12.4. The molecule has 1 amide bonds. The molecule has 1 saturated heterocycles. The van der Waals surface area contributed by atoms with Crippen molar-refractivity contribution in [3.8, 4) is 0 Å². The molecule has 2 rings (SSSR count). The van der Waals surface area contributed by atoms with Gasteiger partial charge in [-0.1, -0.05) is 12.2 Å². The molecule has 0 spiro atoms. The Morgan fingerprint density at radius 1 is 1.62 bits per heavy atom. The summed E-state index contributed by atoms with van der Waals surface area (Å²) >= 11 is 5.08. The zero-order valence-corrected chi connectivity index (χ0v) is 13.0. The number of rotatable bonds is 4. The average molecular weight is 308 g/mol. The lowest BCUT2D eigenvalue weighted by Gasteiger charge is -2.37. The molecule has 1 unspecified atom stereocenters. The first-order valence-corrected chi connectivity index (χ1v) is 7.30. The number of morpholine rings is 1. The number of aromatic nitrogens is 1. The van der Waals surface area contributed by atoms with Crippen molar-refractivity contribution in [2.75, 3.05) is 24.7 Å². The highest BCUT2D eigenvalue weighted by Gasteiger charge is 2.31. The van der Waals surface area contributed by atoms with Gasteiger partial charge in [0.2, 0.25) is 5.91 Å². The maximum atomic E-state index is 12.4. The van der Waals surface area contributed by atoms with Gasteiger partial charge in [-0.05, 0) is 19.9 Å². The number of pyridine rings is 1. The van der Waals surface area contributed by atoms with Crippen LogP contribution in [0.25, 0.3) is 0 Å². The fraction of sp³-hybridized carbons (Fsp3) is 0.500. The lowest BCUT2D eigenvalue weighted by Crippen LogP contribution is -2.55. The molecule has 7 heteroatoms. The number of hydrogen-bond donors (Lipinski definition) is 2. The molecule has 0 aliphatic carbocycles. The summed E-state index contributed by atoms with van der Waals surface area (Å²) in [4.78, 5) is 18.7. The number of anilines is 1. The van der Waals surface area contributed by atoms with E-state index in [4.69, 9.17) is 22.7 Å². The van der Waals surface area contributed by atoms with E-state index in [2.05, 4.69) is 10.3 Å². The molecule has 3 N–H and O–H groups in total. The molecule has 0 radical (unpaired) electrons. The van der Waals surface area contributed by atoms with Crippen molar-refractivity contribution in [1.29, 1.82) is 0 Å². The number of nitrogens with zero attached hydrogens (tertiary/aromatic N) is 2. The molecule has 1 atom stereocenters. The topological polar surface area (TPSA) is 80.5 Å². The van der Waals surface area contributed by atoms with Crippen LogP contribution in [0.2, 0.25) is 0 Å². The molecule has 1 aromatic rings. The van der Waals surface area contributed by atoms with Crippen LogP contribution in [0.1, 0.15) is 19.4 Å². The van der Waals surface area contributed by atoms with Gasteiger partial charge in [-0.3, -0.25) is 9.78 Å². The Labute approximate surface area is 129 Å². The third kappa shape index (κ3) is 3.68. The van der Waals surface area contributed by atoms with Gasteiger partial charge in [-0.2, -0.15) is 0 Å². The van der Waals surface area contributed by atoms with E-state index in [0.717, 1.165) is 11.3 Å². The van der Waals surface area contributed by atoms with Crippen molar-refractivity contribution >= 4 is 28.8 Å². The SMILES string of the molecule is CC(C)NC(=O)C1COCCN1c1cnccc1C(N)=S. The van der Waals surface area contributed by atoms with E-state index in [1.54, 1.807) is 18.5 Å². The Kier molecular flexibility index (Phi) is 5.08. The zero-order valence-electron chi connectivity index (χ0n) is 12.2. The standard InChI is InChI=1S/C14H20N4O2S/c1-9(2)17-14(19)12-8-20-6-5-18(12)11-7-16-4-3-10(11)13(15)21/h3-4,7,9,12H,5-6,8H2,1-2H3,(H2,15,21)(H,17,19). The second kappa shape index (κ2) is 6.82. The first kappa shape index (κ1) is 15.7. The second-order valence-corrected chi connectivity index (χ2v) is 5.64. The van der Waals surface area contributed by atoms with Gasteiger partial charge in [0.15, 0.2) is 0 Å². The Balaban J connectivity index is 2.31. The Bertz CT molecular complexity index is 535. The number of amides is 1. The van der Waals surface area contributed by atoms with Gasteiger partial charge >= 0.3 is 0 Å². The van der Waals surface area contributed by atoms with Gasteiger partial charge in [0.05, 0.1) is 25.1 Å². The molecule has 1 aliphatic rings. The highest BCUT2D eigenvalue weighted by atomic mass is 32.1. The Morgan fingerprint density at radius 3 is 3.05 bits per heavy atom. The van der Waals surface area contributed by atoms with Crippen molar-refractivity contribution in [3.05, 3.63) is 24.0 Å². The summed E-state index contributed by atoms with van der Waals surface area (Å²) in [5.74, 6) is -0.0672. The maximum Gasteiger partial charge on any atom is 0.245 e. The molecule has 1 fully saturated rings. The fourth-order valence-electron chi connectivity index (χ4n) is 2.31. The van der Waals surface area contributed by atoms with Crippen LogP contribution < -0.4 is 16.0 Å². The molecule has 1 aromatic heterocycles. The predicted molar refractivity (Wildman–Crippen MR) is 85.4 cm³/mol. The number of nitrogens with two attached hydrogens (primary N) is 1. The largest absolute Gasteiger partial charge is 0.389 e. The third-order valence-corrected chi connectivity index (χ3v) is 3.46. The van der Waals surface area contributed by atoms with Gasteiger partial charge in [-0.15, -0.1) is 0 Å². The van der Waals surface area contributed by atoms with Crippen LogP contribution in [0.3, 0.4) is 0 Å². The van der Waals surface area contributed by atoms with E-state index in [0.29, 0.717) is 24.7 Å². The Hall–Kier alpha value is -1.73. The van der Waals surface area contributed by atoms with Crippen LogP contribution in [0.4, 0.5) is 5.69 Å². The molecule has 1 aliphatic heterocycles. The van der Waals surface area contributed by atoms with Crippen LogP contribution >= 0.6 is 12.2 Å². The van der Waals surface area contributed by atoms with Gasteiger partial charge < -0.3 is 20.7 Å². The molecule has 2 heterocycles.